The summed E-state index contributed by atoms with van der Waals surface area (Å²) in [5.41, 5.74) is 6.22. The van der Waals surface area contributed by atoms with Gasteiger partial charge >= 0.3 is 11.7 Å². The Morgan fingerprint density at radius 3 is 2.56 bits per heavy atom. The second kappa shape index (κ2) is 9.98. The zero-order valence-electron chi connectivity index (χ0n) is 17.3. The Kier molecular flexibility index (Phi) is 6.91. The first-order valence-corrected chi connectivity index (χ1v) is 9.56. The quantitative estimate of drug-likeness (QED) is 0.274. The summed E-state index contributed by atoms with van der Waals surface area (Å²) in [5, 5.41) is 14.5. The second-order valence-electron chi connectivity index (χ2n) is 6.50. The Hall–Kier alpha value is -4.54. The number of benzene rings is 2. The molecule has 0 radical (unpaired) electrons. The number of rotatable bonds is 8. The number of nitrogens with zero attached hydrogens (tertiary/aromatic N) is 3. The predicted octanol–water partition coefficient (Wildman–Crippen LogP) is 3.37. The van der Waals surface area contributed by atoms with Gasteiger partial charge in [-0.3, -0.25) is 25.8 Å². The van der Waals surface area contributed by atoms with Crippen molar-refractivity contribution in [1.82, 2.24) is 15.4 Å². The van der Waals surface area contributed by atoms with Crippen molar-refractivity contribution in [3.8, 4) is 0 Å². The first-order chi connectivity index (χ1) is 15.4. The monoisotopic (exact) mass is 436 g/mol. The normalized spacial score (nSPS) is 10.2. The fraction of sp³-hybridized carbons (Fsp3) is 0.143. The minimum Gasteiger partial charge on any atom is -0.462 e. The number of nitro groups is 1. The molecule has 0 spiro atoms. The molecule has 3 N–H and O–H groups in total. The number of carbonyl (C=O) groups is 2. The summed E-state index contributed by atoms with van der Waals surface area (Å²) in [7, 11) is 0. The van der Waals surface area contributed by atoms with Gasteiger partial charge in [0.05, 0.1) is 17.1 Å². The summed E-state index contributed by atoms with van der Waals surface area (Å²) in [6.07, 6.45) is 1.10. The van der Waals surface area contributed by atoms with Crippen LogP contribution < -0.4 is 16.2 Å². The van der Waals surface area contributed by atoms with Gasteiger partial charge in [-0.1, -0.05) is 24.3 Å². The fourth-order valence-corrected chi connectivity index (χ4v) is 2.82. The van der Waals surface area contributed by atoms with Crippen molar-refractivity contribution in [2.24, 2.45) is 0 Å². The molecule has 0 atom stereocenters. The minimum atomic E-state index is -0.681. The molecule has 3 aromatic rings. The molecule has 0 bridgehead atoms. The van der Waals surface area contributed by atoms with Gasteiger partial charge in [-0.15, -0.1) is 0 Å². The van der Waals surface area contributed by atoms with Crippen molar-refractivity contribution in [3.63, 3.8) is 0 Å². The Labute approximate surface area is 183 Å². The first-order valence-electron chi connectivity index (χ1n) is 9.56. The van der Waals surface area contributed by atoms with E-state index < -0.39 is 22.5 Å². The highest BCUT2D eigenvalue weighted by Gasteiger charge is 2.24. The Bertz CT molecular complexity index is 1170. The lowest BCUT2D eigenvalue weighted by molar-refractivity contribution is -0.383. The summed E-state index contributed by atoms with van der Waals surface area (Å²) in [4.78, 5) is 43.2. The molecule has 3 rings (SSSR count). The van der Waals surface area contributed by atoms with Gasteiger partial charge in [0.1, 0.15) is 6.33 Å². The van der Waals surface area contributed by atoms with Crippen molar-refractivity contribution >= 4 is 34.9 Å². The van der Waals surface area contributed by atoms with Gasteiger partial charge in [0, 0.05) is 11.3 Å². The van der Waals surface area contributed by atoms with E-state index in [1.54, 1.807) is 56.3 Å². The molecule has 0 saturated heterocycles. The van der Waals surface area contributed by atoms with Crippen LogP contribution in [0.2, 0.25) is 0 Å². The average Bonchev–Trinajstić information content (AvgIpc) is 2.78. The molecular weight excluding hydrogens is 416 g/mol. The summed E-state index contributed by atoms with van der Waals surface area (Å²) < 4.78 is 4.96. The SMILES string of the molecule is CCOC(=O)c1cccc(Nc2ncnc(NNC(=O)c3ccccc3C)c2[N+](=O)[O-])c1. The predicted molar refractivity (Wildman–Crippen MR) is 117 cm³/mol. The van der Waals surface area contributed by atoms with Crippen molar-refractivity contribution in [2.75, 3.05) is 17.3 Å². The molecule has 11 nitrogen and oxygen atoms in total. The third-order valence-corrected chi connectivity index (χ3v) is 4.33. The van der Waals surface area contributed by atoms with Crippen LogP contribution in [0.15, 0.2) is 54.9 Å². The summed E-state index contributed by atoms with van der Waals surface area (Å²) in [5.74, 6) is -1.34. The highest BCUT2D eigenvalue weighted by Crippen LogP contribution is 2.31. The van der Waals surface area contributed by atoms with E-state index in [2.05, 4.69) is 26.1 Å². The Balaban J connectivity index is 1.83. The van der Waals surface area contributed by atoms with E-state index in [0.717, 1.165) is 11.9 Å². The van der Waals surface area contributed by atoms with Crippen molar-refractivity contribution in [3.05, 3.63) is 81.7 Å². The average molecular weight is 436 g/mol. The first kappa shape index (κ1) is 22.2. The molecule has 0 saturated carbocycles. The Morgan fingerprint density at radius 2 is 1.84 bits per heavy atom. The van der Waals surface area contributed by atoms with Crippen molar-refractivity contribution in [1.29, 1.82) is 0 Å². The van der Waals surface area contributed by atoms with E-state index in [1.165, 1.54) is 6.07 Å². The molecule has 32 heavy (non-hydrogen) atoms. The zero-order valence-corrected chi connectivity index (χ0v) is 17.3. The van der Waals surface area contributed by atoms with Crippen molar-refractivity contribution < 1.29 is 19.2 Å². The minimum absolute atomic E-state index is 0.126. The van der Waals surface area contributed by atoms with E-state index in [9.17, 15) is 19.7 Å². The van der Waals surface area contributed by atoms with Gasteiger partial charge in [-0.05, 0) is 43.7 Å². The highest BCUT2D eigenvalue weighted by molar-refractivity contribution is 5.96. The molecule has 0 aliphatic rings. The van der Waals surface area contributed by atoms with Crippen LogP contribution in [0.4, 0.5) is 23.0 Å². The molecule has 1 aromatic heterocycles. The standard InChI is InChI=1S/C21H20N6O5/c1-3-32-21(29)14-8-6-9-15(11-14)24-18-17(27(30)31)19(23-12-22-18)25-26-20(28)16-10-5-4-7-13(16)2/h4-12H,3H2,1-2H3,(H,26,28)(H2,22,23,24,25). The van der Waals surface area contributed by atoms with Crippen LogP contribution in [0.3, 0.4) is 0 Å². The highest BCUT2D eigenvalue weighted by atomic mass is 16.6. The molecule has 0 unspecified atom stereocenters. The lowest BCUT2D eigenvalue weighted by Crippen LogP contribution is -2.30. The van der Waals surface area contributed by atoms with Crippen LogP contribution in [0, 0.1) is 17.0 Å². The molecule has 11 heteroatoms. The maximum absolute atomic E-state index is 12.4. The summed E-state index contributed by atoms with van der Waals surface area (Å²) in [6.45, 7) is 3.68. The molecule has 1 heterocycles. The van der Waals surface area contributed by atoms with Crippen LogP contribution >= 0.6 is 0 Å². The molecule has 0 aliphatic carbocycles. The molecule has 1 amide bonds. The van der Waals surface area contributed by atoms with E-state index in [4.69, 9.17) is 4.74 Å². The van der Waals surface area contributed by atoms with E-state index in [1.807, 2.05) is 0 Å². The third kappa shape index (κ3) is 5.14. The molecule has 0 fully saturated rings. The number of carbonyl (C=O) groups excluding carboxylic acids is 2. The van der Waals surface area contributed by atoms with Crippen LogP contribution in [0.5, 0.6) is 0 Å². The van der Waals surface area contributed by atoms with Gasteiger partial charge in [-0.2, -0.15) is 0 Å². The lowest BCUT2D eigenvalue weighted by Gasteiger charge is -2.12. The number of hydrazine groups is 1. The van der Waals surface area contributed by atoms with Gasteiger partial charge in [-0.25, -0.2) is 14.8 Å². The van der Waals surface area contributed by atoms with Crippen LogP contribution in [0.1, 0.15) is 33.2 Å². The third-order valence-electron chi connectivity index (χ3n) is 4.33. The number of aryl methyl sites for hydroxylation is 1. The van der Waals surface area contributed by atoms with E-state index in [0.29, 0.717) is 11.3 Å². The summed E-state index contributed by atoms with van der Waals surface area (Å²) in [6, 6.07) is 13.2. The molecule has 2 aromatic carbocycles. The number of nitrogens with one attached hydrogen (secondary N) is 3. The largest absolute Gasteiger partial charge is 0.462 e. The maximum atomic E-state index is 12.4. The number of ether oxygens (including phenoxy) is 1. The van der Waals surface area contributed by atoms with E-state index in [-0.39, 0.29) is 23.8 Å². The topological polar surface area (TPSA) is 148 Å². The van der Waals surface area contributed by atoms with Crippen LogP contribution in [0.25, 0.3) is 0 Å². The van der Waals surface area contributed by atoms with Gasteiger partial charge in [0.2, 0.25) is 11.6 Å². The van der Waals surface area contributed by atoms with Gasteiger partial charge < -0.3 is 10.1 Å². The van der Waals surface area contributed by atoms with Crippen molar-refractivity contribution in [2.45, 2.75) is 13.8 Å². The Morgan fingerprint density at radius 1 is 1.09 bits per heavy atom. The number of hydrogen-bond acceptors (Lipinski definition) is 9. The van der Waals surface area contributed by atoms with Crippen LogP contribution in [-0.4, -0.2) is 33.4 Å². The number of anilines is 3. The van der Waals surface area contributed by atoms with Gasteiger partial charge in [0.15, 0.2) is 0 Å². The zero-order chi connectivity index (χ0) is 23.1. The molecular formula is C21H20N6O5. The number of aromatic nitrogens is 2. The number of amides is 1. The fourth-order valence-electron chi connectivity index (χ4n) is 2.82. The van der Waals surface area contributed by atoms with Crippen LogP contribution in [-0.2, 0) is 4.74 Å². The van der Waals surface area contributed by atoms with E-state index >= 15 is 0 Å². The maximum Gasteiger partial charge on any atom is 0.355 e. The smallest absolute Gasteiger partial charge is 0.355 e. The molecule has 164 valence electrons. The second-order valence-corrected chi connectivity index (χ2v) is 6.50. The summed E-state index contributed by atoms with van der Waals surface area (Å²) >= 11 is 0. The lowest BCUT2D eigenvalue weighted by atomic mass is 10.1. The number of esters is 1. The molecule has 0 aliphatic heterocycles. The number of hydrogen-bond donors (Lipinski definition) is 3. The van der Waals surface area contributed by atoms with Gasteiger partial charge in [0.25, 0.3) is 5.91 Å².